The van der Waals surface area contributed by atoms with E-state index in [2.05, 4.69) is 28.6 Å². The van der Waals surface area contributed by atoms with Crippen LogP contribution in [0.3, 0.4) is 0 Å². The van der Waals surface area contributed by atoms with Crippen LogP contribution in [-0.4, -0.2) is 70.7 Å². The van der Waals surface area contributed by atoms with E-state index in [0.717, 1.165) is 0 Å². The molecule has 5 unspecified atom stereocenters. The summed E-state index contributed by atoms with van der Waals surface area (Å²) in [7, 11) is 0. The smallest absolute Gasteiger partial charge is 0.326 e. The summed E-state index contributed by atoms with van der Waals surface area (Å²) in [6, 6.07) is -3.72. The van der Waals surface area contributed by atoms with Crippen molar-refractivity contribution in [2.45, 2.75) is 64.7 Å². The van der Waals surface area contributed by atoms with E-state index >= 15 is 0 Å². The van der Waals surface area contributed by atoms with Gasteiger partial charge in [0, 0.05) is 5.75 Å². The molecule has 174 valence electrons. The number of hydrogen-bond acceptors (Lipinski definition) is 7. The number of nitrogens with two attached hydrogens (primary N) is 1. The van der Waals surface area contributed by atoms with E-state index in [4.69, 9.17) is 5.73 Å². The number of amides is 3. The van der Waals surface area contributed by atoms with Gasteiger partial charge in [0.15, 0.2) is 0 Å². The predicted octanol–water partition coefficient (Wildman–Crippen LogP) is 0.238. The van der Waals surface area contributed by atoms with Gasteiger partial charge in [0.2, 0.25) is 17.7 Å². The molecule has 0 aliphatic carbocycles. The number of thioether (sulfide) groups is 1. The van der Waals surface area contributed by atoms with E-state index in [-0.39, 0.29) is 17.6 Å². The second kappa shape index (κ2) is 14.5. The first-order chi connectivity index (χ1) is 14.0. The highest BCUT2D eigenvalue weighted by Gasteiger charge is 2.32. The molecule has 3 amide bonds. The fourth-order valence-electron chi connectivity index (χ4n) is 2.58. The highest BCUT2D eigenvalue weighted by Crippen LogP contribution is 2.11. The third kappa shape index (κ3) is 9.57. The van der Waals surface area contributed by atoms with Crippen molar-refractivity contribution >= 4 is 48.1 Å². The average Bonchev–Trinajstić information content (AvgIpc) is 2.70. The van der Waals surface area contributed by atoms with Crippen molar-refractivity contribution in [3.8, 4) is 0 Å². The molecule has 0 heterocycles. The summed E-state index contributed by atoms with van der Waals surface area (Å²) in [5, 5.41) is 17.1. The SMILES string of the molecule is CCC(C)C(NC(=O)C(N)CS)C(=O)NC(CCSC)C(=O)NC(C(=O)O)C(C)C. The predicted molar refractivity (Wildman–Crippen MR) is 123 cm³/mol. The molecule has 30 heavy (non-hydrogen) atoms. The number of carbonyl (C=O) groups excluding carboxylic acids is 3. The van der Waals surface area contributed by atoms with Crippen LogP contribution < -0.4 is 21.7 Å². The lowest BCUT2D eigenvalue weighted by atomic mass is 9.97. The number of carboxylic acids is 1. The van der Waals surface area contributed by atoms with Gasteiger partial charge in [0.1, 0.15) is 18.1 Å². The van der Waals surface area contributed by atoms with Crippen LogP contribution in [0.4, 0.5) is 0 Å². The summed E-state index contributed by atoms with van der Waals surface area (Å²) < 4.78 is 0. The van der Waals surface area contributed by atoms with Crippen molar-refractivity contribution in [3.05, 3.63) is 0 Å². The topological polar surface area (TPSA) is 151 Å². The Kier molecular flexibility index (Phi) is 13.8. The average molecular weight is 465 g/mol. The Balaban J connectivity index is 5.46. The van der Waals surface area contributed by atoms with Crippen LogP contribution in [0.5, 0.6) is 0 Å². The Labute approximate surface area is 188 Å². The number of thiol groups is 1. The van der Waals surface area contributed by atoms with Crippen LogP contribution >= 0.6 is 24.4 Å². The summed E-state index contributed by atoms with van der Waals surface area (Å²) in [4.78, 5) is 49.3. The van der Waals surface area contributed by atoms with Crippen molar-refractivity contribution in [1.29, 1.82) is 0 Å². The molecule has 0 bridgehead atoms. The van der Waals surface area contributed by atoms with E-state index in [1.165, 1.54) is 11.8 Å². The molecule has 0 aliphatic heterocycles. The fraction of sp³-hybridized carbons (Fsp3) is 0.789. The minimum absolute atomic E-state index is 0.130. The molecular weight excluding hydrogens is 428 g/mol. The number of rotatable bonds is 14. The second-order valence-corrected chi connectivity index (χ2v) is 8.92. The van der Waals surface area contributed by atoms with Crippen LogP contribution in [0.1, 0.15) is 40.5 Å². The Morgan fingerprint density at radius 3 is 2.00 bits per heavy atom. The Hall–Kier alpha value is -1.46. The zero-order chi connectivity index (χ0) is 23.4. The first-order valence-corrected chi connectivity index (χ1v) is 12.0. The third-order valence-electron chi connectivity index (χ3n) is 4.80. The maximum Gasteiger partial charge on any atom is 0.326 e. The maximum absolute atomic E-state index is 12.9. The second-order valence-electron chi connectivity index (χ2n) is 7.57. The maximum atomic E-state index is 12.9. The van der Waals surface area contributed by atoms with Gasteiger partial charge in [-0.1, -0.05) is 34.1 Å². The normalized spacial score (nSPS) is 16.1. The van der Waals surface area contributed by atoms with Gasteiger partial charge in [-0.3, -0.25) is 14.4 Å². The van der Waals surface area contributed by atoms with Crippen LogP contribution in [0.15, 0.2) is 0 Å². The van der Waals surface area contributed by atoms with Gasteiger partial charge in [-0.15, -0.1) is 0 Å². The molecule has 0 aliphatic rings. The molecular formula is C19H36N4O5S2. The lowest BCUT2D eigenvalue weighted by Crippen LogP contribution is -2.59. The molecule has 0 saturated carbocycles. The highest BCUT2D eigenvalue weighted by atomic mass is 32.2. The molecule has 0 saturated heterocycles. The Bertz CT molecular complexity index is 591. The van der Waals surface area contributed by atoms with Gasteiger partial charge in [0.25, 0.3) is 0 Å². The van der Waals surface area contributed by atoms with E-state index in [9.17, 15) is 24.3 Å². The number of carboxylic acid groups (broad SMARTS) is 1. The molecule has 11 heteroatoms. The molecule has 0 radical (unpaired) electrons. The highest BCUT2D eigenvalue weighted by molar-refractivity contribution is 7.98. The molecule has 0 rings (SSSR count). The fourth-order valence-corrected chi connectivity index (χ4v) is 3.22. The van der Waals surface area contributed by atoms with Gasteiger partial charge >= 0.3 is 5.97 Å². The molecule has 0 fully saturated rings. The lowest BCUT2D eigenvalue weighted by molar-refractivity contribution is -0.143. The van der Waals surface area contributed by atoms with Crippen LogP contribution in [0, 0.1) is 11.8 Å². The van der Waals surface area contributed by atoms with Crippen molar-refractivity contribution < 1.29 is 24.3 Å². The van der Waals surface area contributed by atoms with E-state index < -0.39 is 47.9 Å². The van der Waals surface area contributed by atoms with Gasteiger partial charge in [-0.2, -0.15) is 24.4 Å². The third-order valence-corrected chi connectivity index (χ3v) is 5.84. The van der Waals surface area contributed by atoms with Crippen molar-refractivity contribution in [3.63, 3.8) is 0 Å². The zero-order valence-electron chi connectivity index (χ0n) is 18.3. The number of hydrogen-bond donors (Lipinski definition) is 6. The van der Waals surface area contributed by atoms with Crippen LogP contribution in [-0.2, 0) is 19.2 Å². The summed E-state index contributed by atoms with van der Waals surface area (Å²) >= 11 is 5.50. The van der Waals surface area contributed by atoms with Gasteiger partial charge in [-0.25, -0.2) is 4.79 Å². The monoisotopic (exact) mass is 464 g/mol. The molecule has 0 aromatic rings. The van der Waals surface area contributed by atoms with Crippen molar-refractivity contribution in [2.75, 3.05) is 17.8 Å². The molecule has 0 aromatic carbocycles. The lowest BCUT2D eigenvalue weighted by Gasteiger charge is -2.28. The van der Waals surface area contributed by atoms with Gasteiger partial charge < -0.3 is 26.8 Å². The standard InChI is InChI=1S/C19H36N4O5S2/c1-6-11(4)15(23-16(24)12(20)9-29)18(26)21-13(7-8-30-5)17(25)22-14(10(2)3)19(27)28/h10-15,29H,6-9,20H2,1-5H3,(H,21,26)(H,22,25)(H,23,24)(H,27,28). The Morgan fingerprint density at radius 2 is 1.57 bits per heavy atom. The van der Waals surface area contributed by atoms with Crippen LogP contribution in [0.2, 0.25) is 0 Å². The molecule has 0 spiro atoms. The number of aliphatic carboxylic acids is 1. The summed E-state index contributed by atoms with van der Waals surface area (Å²) in [5.41, 5.74) is 5.69. The summed E-state index contributed by atoms with van der Waals surface area (Å²) in [5.74, 6) is -2.53. The minimum atomic E-state index is -1.14. The van der Waals surface area contributed by atoms with Crippen LogP contribution in [0.25, 0.3) is 0 Å². The largest absolute Gasteiger partial charge is 0.480 e. The number of nitrogens with one attached hydrogen (secondary N) is 3. The summed E-state index contributed by atoms with van der Waals surface area (Å²) in [6.07, 6.45) is 2.80. The quantitative estimate of drug-likeness (QED) is 0.202. The van der Waals surface area contributed by atoms with Crippen molar-refractivity contribution in [2.24, 2.45) is 17.6 Å². The van der Waals surface area contributed by atoms with E-state index in [0.29, 0.717) is 18.6 Å². The first kappa shape index (κ1) is 28.5. The van der Waals surface area contributed by atoms with E-state index in [1.54, 1.807) is 13.8 Å². The first-order valence-electron chi connectivity index (χ1n) is 9.99. The van der Waals surface area contributed by atoms with Crippen molar-refractivity contribution in [1.82, 2.24) is 16.0 Å². The molecule has 5 atom stereocenters. The minimum Gasteiger partial charge on any atom is -0.480 e. The molecule has 6 N–H and O–H groups in total. The zero-order valence-corrected chi connectivity index (χ0v) is 20.0. The summed E-state index contributed by atoms with van der Waals surface area (Å²) in [6.45, 7) is 7.07. The number of carbonyl (C=O) groups is 4. The molecule has 9 nitrogen and oxygen atoms in total. The van der Waals surface area contributed by atoms with E-state index in [1.807, 2.05) is 20.1 Å². The Morgan fingerprint density at radius 1 is 1.00 bits per heavy atom. The van der Waals surface area contributed by atoms with Gasteiger partial charge in [0.05, 0.1) is 6.04 Å². The van der Waals surface area contributed by atoms with Gasteiger partial charge in [-0.05, 0) is 30.3 Å². The molecule has 0 aromatic heterocycles.